The van der Waals surface area contributed by atoms with E-state index in [1.54, 1.807) is 11.5 Å². The van der Waals surface area contributed by atoms with E-state index < -0.39 is 18.1 Å². The van der Waals surface area contributed by atoms with E-state index in [2.05, 4.69) is 53.4 Å². The van der Waals surface area contributed by atoms with Gasteiger partial charge in [-0.2, -0.15) is 0 Å². The lowest BCUT2D eigenvalue weighted by Crippen LogP contribution is -2.52. The fraction of sp³-hybridized carbons (Fsp3) is 0.310. The molecule has 2 amide bonds. The van der Waals surface area contributed by atoms with Crippen molar-refractivity contribution < 1.29 is 19.9 Å². The van der Waals surface area contributed by atoms with Crippen molar-refractivity contribution in [3.63, 3.8) is 0 Å². The Labute approximate surface area is 210 Å². The van der Waals surface area contributed by atoms with Crippen LogP contribution in [0.1, 0.15) is 47.2 Å². The van der Waals surface area contributed by atoms with Gasteiger partial charge in [0, 0.05) is 30.9 Å². The van der Waals surface area contributed by atoms with E-state index >= 15 is 0 Å². The van der Waals surface area contributed by atoms with Gasteiger partial charge in [-0.05, 0) is 66.1 Å². The average Bonchev–Trinajstić information content (AvgIpc) is 3.24. The molecule has 3 aromatic rings. The number of benzene rings is 3. The average molecular weight is 486 g/mol. The molecule has 5 rings (SSSR count). The molecular formula is C29H31N3O4. The van der Waals surface area contributed by atoms with Crippen LogP contribution in [-0.4, -0.2) is 52.3 Å². The number of anilines is 1. The number of hydroxylamine groups is 1. The molecule has 0 aromatic heterocycles. The molecule has 186 valence electrons. The van der Waals surface area contributed by atoms with Crippen LogP contribution in [0.4, 0.5) is 5.69 Å². The Balaban J connectivity index is 1.24. The van der Waals surface area contributed by atoms with Gasteiger partial charge in [0.05, 0.1) is 6.10 Å². The van der Waals surface area contributed by atoms with Crippen LogP contribution in [0.2, 0.25) is 0 Å². The van der Waals surface area contributed by atoms with Gasteiger partial charge in [0.15, 0.2) is 0 Å². The number of piperidine rings is 1. The molecule has 2 aliphatic heterocycles. The van der Waals surface area contributed by atoms with Gasteiger partial charge in [0.2, 0.25) is 0 Å². The number of aliphatic hydroxyl groups is 1. The van der Waals surface area contributed by atoms with Gasteiger partial charge < -0.3 is 14.9 Å². The molecule has 7 nitrogen and oxygen atoms in total. The van der Waals surface area contributed by atoms with Crippen LogP contribution in [0.5, 0.6) is 0 Å². The maximum Gasteiger partial charge on any atom is 0.268 e. The summed E-state index contributed by atoms with van der Waals surface area (Å²) in [5.41, 5.74) is 7.80. The molecular weight excluding hydrogens is 454 g/mol. The summed E-state index contributed by atoms with van der Waals surface area (Å²) < 4.78 is 0. The van der Waals surface area contributed by atoms with Crippen molar-refractivity contribution in [1.82, 2.24) is 10.4 Å². The molecule has 2 heterocycles. The summed E-state index contributed by atoms with van der Waals surface area (Å²) in [4.78, 5) is 28.6. The summed E-state index contributed by atoms with van der Waals surface area (Å²) in [6.45, 7) is 3.49. The Morgan fingerprint density at radius 3 is 2.28 bits per heavy atom. The van der Waals surface area contributed by atoms with Crippen molar-refractivity contribution in [1.29, 1.82) is 0 Å². The first-order chi connectivity index (χ1) is 17.5. The zero-order valence-electron chi connectivity index (χ0n) is 20.3. The van der Waals surface area contributed by atoms with Crippen LogP contribution < -0.4 is 10.4 Å². The topological polar surface area (TPSA) is 93.1 Å². The molecule has 1 fully saturated rings. The zero-order valence-corrected chi connectivity index (χ0v) is 20.3. The lowest BCUT2D eigenvalue weighted by Gasteiger charge is -2.34. The highest BCUT2D eigenvalue weighted by Crippen LogP contribution is 2.34. The minimum absolute atomic E-state index is 0.217. The van der Waals surface area contributed by atoms with E-state index in [0.29, 0.717) is 11.5 Å². The molecule has 0 spiro atoms. The lowest BCUT2D eigenvalue weighted by molar-refractivity contribution is -0.137. The molecule has 0 aliphatic carbocycles. The number of rotatable bonds is 6. The van der Waals surface area contributed by atoms with E-state index in [4.69, 9.17) is 5.21 Å². The monoisotopic (exact) mass is 485 g/mol. The molecule has 0 saturated carbocycles. The second kappa shape index (κ2) is 10.1. The highest BCUT2D eigenvalue weighted by molar-refractivity contribution is 6.01. The SMILES string of the molecule is CC(O)C(C(=O)NO)N1Cc2cc(N3CCC(c4ccc(-c5ccccc5)cc4)CC3)ccc2C1=O. The van der Waals surface area contributed by atoms with E-state index in [1.807, 2.05) is 18.2 Å². The smallest absolute Gasteiger partial charge is 0.268 e. The minimum atomic E-state index is -1.15. The summed E-state index contributed by atoms with van der Waals surface area (Å²) >= 11 is 0. The number of hydrogen-bond donors (Lipinski definition) is 3. The molecule has 2 atom stereocenters. The van der Waals surface area contributed by atoms with E-state index in [0.717, 1.165) is 37.2 Å². The van der Waals surface area contributed by atoms with Crippen molar-refractivity contribution in [2.24, 2.45) is 0 Å². The molecule has 0 radical (unpaired) electrons. The Morgan fingerprint density at radius 1 is 0.972 bits per heavy atom. The highest BCUT2D eigenvalue weighted by atomic mass is 16.5. The van der Waals surface area contributed by atoms with Gasteiger partial charge in [0.25, 0.3) is 11.8 Å². The van der Waals surface area contributed by atoms with Crippen molar-refractivity contribution in [2.75, 3.05) is 18.0 Å². The molecule has 36 heavy (non-hydrogen) atoms. The van der Waals surface area contributed by atoms with Gasteiger partial charge >= 0.3 is 0 Å². The van der Waals surface area contributed by atoms with Crippen molar-refractivity contribution in [3.8, 4) is 11.1 Å². The van der Waals surface area contributed by atoms with Crippen LogP contribution in [0.25, 0.3) is 11.1 Å². The minimum Gasteiger partial charge on any atom is -0.391 e. The first-order valence-corrected chi connectivity index (χ1v) is 12.4. The maximum absolute atomic E-state index is 12.9. The van der Waals surface area contributed by atoms with Crippen molar-refractivity contribution in [2.45, 2.75) is 44.4 Å². The molecule has 1 saturated heterocycles. The number of nitrogens with one attached hydrogen (secondary N) is 1. The third-order valence-electron chi connectivity index (χ3n) is 7.44. The second-order valence-electron chi connectivity index (χ2n) is 9.69. The first kappa shape index (κ1) is 24.0. The quantitative estimate of drug-likeness (QED) is 0.363. The third-order valence-corrected chi connectivity index (χ3v) is 7.44. The van der Waals surface area contributed by atoms with Crippen LogP contribution in [0.3, 0.4) is 0 Å². The number of carbonyl (C=O) groups excluding carboxylic acids is 2. The van der Waals surface area contributed by atoms with Gasteiger partial charge in [-0.25, -0.2) is 5.48 Å². The molecule has 3 aromatic carbocycles. The van der Waals surface area contributed by atoms with Gasteiger partial charge in [0.1, 0.15) is 6.04 Å². The summed E-state index contributed by atoms with van der Waals surface area (Å²) in [5, 5.41) is 19.1. The summed E-state index contributed by atoms with van der Waals surface area (Å²) in [6.07, 6.45) is 0.983. The maximum atomic E-state index is 12.9. The molecule has 2 unspecified atom stereocenters. The summed E-state index contributed by atoms with van der Waals surface area (Å²) in [5.74, 6) is -0.602. The highest BCUT2D eigenvalue weighted by Gasteiger charge is 2.39. The van der Waals surface area contributed by atoms with Gasteiger partial charge in [-0.3, -0.25) is 14.8 Å². The summed E-state index contributed by atoms with van der Waals surface area (Å²) in [7, 11) is 0. The van der Waals surface area contributed by atoms with E-state index in [-0.39, 0.29) is 12.5 Å². The molecule has 3 N–H and O–H groups in total. The largest absolute Gasteiger partial charge is 0.391 e. The molecule has 2 aliphatic rings. The number of hydrogen-bond acceptors (Lipinski definition) is 5. The number of nitrogens with zero attached hydrogens (tertiary/aromatic N) is 2. The lowest BCUT2D eigenvalue weighted by atomic mass is 9.88. The Bertz CT molecular complexity index is 1240. The second-order valence-corrected chi connectivity index (χ2v) is 9.69. The predicted octanol–water partition coefficient (Wildman–Crippen LogP) is 3.95. The number of carbonyl (C=O) groups is 2. The first-order valence-electron chi connectivity index (χ1n) is 12.4. The Morgan fingerprint density at radius 2 is 1.64 bits per heavy atom. The van der Waals surface area contributed by atoms with Crippen LogP contribution in [0.15, 0.2) is 72.8 Å². The fourth-order valence-corrected chi connectivity index (χ4v) is 5.49. The van der Waals surface area contributed by atoms with Crippen LogP contribution in [0, 0.1) is 0 Å². The Hall–Kier alpha value is -3.68. The molecule has 0 bridgehead atoms. The van der Waals surface area contributed by atoms with Gasteiger partial charge in [-0.15, -0.1) is 0 Å². The number of amides is 2. The third kappa shape index (κ3) is 4.59. The normalized spacial score (nSPS) is 17.6. The van der Waals surface area contributed by atoms with Crippen LogP contribution >= 0.6 is 0 Å². The van der Waals surface area contributed by atoms with E-state index in [1.165, 1.54) is 28.5 Å². The standard InChI is InChI=1S/C29H31N3O4/c1-19(33)27(28(34)30-36)32-18-24-17-25(11-12-26(24)29(32)35)31-15-13-23(14-16-31)22-9-7-21(8-10-22)20-5-3-2-4-6-20/h2-12,17,19,23,27,33,36H,13-16,18H2,1H3,(H,30,34). The zero-order chi connectivity index (χ0) is 25.2. The van der Waals surface area contributed by atoms with E-state index in [9.17, 15) is 14.7 Å². The molecule has 7 heteroatoms. The predicted molar refractivity (Wildman–Crippen MR) is 138 cm³/mol. The number of aliphatic hydroxyl groups excluding tert-OH is 1. The summed E-state index contributed by atoms with van der Waals surface area (Å²) in [6, 6.07) is 23.9. The number of fused-ring (bicyclic) bond motifs is 1. The fourth-order valence-electron chi connectivity index (χ4n) is 5.49. The van der Waals surface area contributed by atoms with Crippen LogP contribution in [-0.2, 0) is 11.3 Å². The Kier molecular flexibility index (Phi) is 6.76. The van der Waals surface area contributed by atoms with Crippen molar-refractivity contribution >= 4 is 17.5 Å². The van der Waals surface area contributed by atoms with Crippen molar-refractivity contribution in [3.05, 3.63) is 89.5 Å². The van der Waals surface area contributed by atoms with Gasteiger partial charge in [-0.1, -0.05) is 54.6 Å².